The first-order valence-electron chi connectivity index (χ1n) is 8.28. The van der Waals surface area contributed by atoms with Gasteiger partial charge in [-0.15, -0.1) is 0 Å². The zero-order valence-electron chi connectivity index (χ0n) is 13.8. The molecule has 0 aromatic heterocycles. The molecule has 6 heteroatoms. The van der Waals surface area contributed by atoms with E-state index in [1.165, 1.54) is 24.3 Å². The Bertz CT molecular complexity index is 790. The van der Waals surface area contributed by atoms with E-state index < -0.39 is 5.82 Å². The highest BCUT2D eigenvalue weighted by atomic mass is 19.1. The summed E-state index contributed by atoms with van der Waals surface area (Å²) in [5.41, 5.74) is 8.94. The zero-order valence-corrected chi connectivity index (χ0v) is 13.8. The van der Waals surface area contributed by atoms with Gasteiger partial charge in [-0.3, -0.25) is 9.59 Å². The molecule has 0 saturated heterocycles. The molecule has 3 rings (SSSR count). The molecular formula is C19H20FN3O2. The van der Waals surface area contributed by atoms with Crippen LogP contribution in [0.15, 0.2) is 42.5 Å². The highest BCUT2D eigenvalue weighted by molar-refractivity contribution is 5.97. The maximum atomic E-state index is 12.9. The van der Waals surface area contributed by atoms with Crippen LogP contribution in [-0.2, 0) is 11.2 Å². The summed E-state index contributed by atoms with van der Waals surface area (Å²) in [5.74, 6) is -0.767. The van der Waals surface area contributed by atoms with E-state index in [1.807, 2.05) is 18.2 Å². The van der Waals surface area contributed by atoms with Gasteiger partial charge in [0.1, 0.15) is 5.82 Å². The molecule has 2 aromatic rings. The van der Waals surface area contributed by atoms with Crippen LogP contribution in [0.1, 0.15) is 28.8 Å². The van der Waals surface area contributed by atoms with Crippen molar-refractivity contribution in [2.45, 2.75) is 19.3 Å². The third kappa shape index (κ3) is 3.79. The Labute approximate surface area is 145 Å². The molecule has 1 aliphatic rings. The van der Waals surface area contributed by atoms with Gasteiger partial charge in [0, 0.05) is 36.4 Å². The number of nitrogens with two attached hydrogens (primary N) is 1. The van der Waals surface area contributed by atoms with Crippen LogP contribution in [0.4, 0.5) is 15.8 Å². The summed E-state index contributed by atoms with van der Waals surface area (Å²) in [5, 5.41) is 2.69. The standard InChI is InChI=1S/C19H20FN3O2/c20-14-8-6-13(7-9-14)19(25)22-11-10-18(24)23-12-2-3-15-16(21)4-1-5-17(15)23/h1,4-9H,2-3,10-12,21H2,(H,22,25). The summed E-state index contributed by atoms with van der Waals surface area (Å²) < 4.78 is 12.9. The van der Waals surface area contributed by atoms with Crippen molar-refractivity contribution in [3.8, 4) is 0 Å². The second kappa shape index (κ2) is 7.34. The first kappa shape index (κ1) is 17.0. The van der Waals surface area contributed by atoms with Gasteiger partial charge in [0.25, 0.3) is 5.91 Å². The summed E-state index contributed by atoms with van der Waals surface area (Å²) >= 11 is 0. The lowest BCUT2D eigenvalue weighted by Crippen LogP contribution is -2.38. The van der Waals surface area contributed by atoms with Crippen molar-refractivity contribution >= 4 is 23.2 Å². The van der Waals surface area contributed by atoms with E-state index in [4.69, 9.17) is 5.73 Å². The van der Waals surface area contributed by atoms with Gasteiger partial charge in [0.05, 0.1) is 0 Å². The number of fused-ring (bicyclic) bond motifs is 1. The molecule has 0 radical (unpaired) electrons. The topological polar surface area (TPSA) is 75.4 Å². The number of benzene rings is 2. The lowest BCUT2D eigenvalue weighted by atomic mass is 9.99. The maximum absolute atomic E-state index is 12.9. The summed E-state index contributed by atoms with van der Waals surface area (Å²) in [7, 11) is 0. The minimum absolute atomic E-state index is 0.0500. The molecule has 0 unspecified atom stereocenters. The summed E-state index contributed by atoms with van der Waals surface area (Å²) in [6.07, 6.45) is 1.93. The molecule has 0 saturated carbocycles. The van der Waals surface area contributed by atoms with Crippen molar-refractivity contribution in [1.29, 1.82) is 0 Å². The van der Waals surface area contributed by atoms with Crippen molar-refractivity contribution in [2.75, 3.05) is 23.7 Å². The summed E-state index contributed by atoms with van der Waals surface area (Å²) in [4.78, 5) is 26.2. The predicted octanol–water partition coefficient (Wildman–Crippen LogP) is 2.51. The molecule has 130 valence electrons. The van der Waals surface area contributed by atoms with Gasteiger partial charge < -0.3 is 16.0 Å². The van der Waals surface area contributed by atoms with E-state index in [2.05, 4.69) is 5.32 Å². The van der Waals surface area contributed by atoms with Crippen LogP contribution in [0.2, 0.25) is 0 Å². The van der Waals surface area contributed by atoms with E-state index in [1.54, 1.807) is 4.90 Å². The molecule has 0 bridgehead atoms. The largest absolute Gasteiger partial charge is 0.398 e. The number of nitrogen functional groups attached to an aromatic ring is 1. The van der Waals surface area contributed by atoms with Crippen molar-refractivity contribution < 1.29 is 14.0 Å². The number of carbonyl (C=O) groups is 2. The Morgan fingerprint density at radius 2 is 1.92 bits per heavy atom. The van der Waals surface area contributed by atoms with Gasteiger partial charge >= 0.3 is 0 Å². The Morgan fingerprint density at radius 3 is 2.68 bits per heavy atom. The minimum atomic E-state index is -0.394. The lowest BCUT2D eigenvalue weighted by Gasteiger charge is -2.30. The number of carbonyl (C=O) groups excluding carboxylic acids is 2. The zero-order chi connectivity index (χ0) is 17.8. The number of rotatable bonds is 4. The van der Waals surface area contributed by atoms with Gasteiger partial charge in [0.2, 0.25) is 5.91 Å². The number of anilines is 2. The number of hydrogen-bond acceptors (Lipinski definition) is 3. The van der Waals surface area contributed by atoms with Crippen LogP contribution in [0.5, 0.6) is 0 Å². The third-order valence-electron chi connectivity index (χ3n) is 4.32. The number of nitrogens with one attached hydrogen (secondary N) is 1. The summed E-state index contributed by atoms with van der Waals surface area (Å²) in [6.45, 7) is 0.879. The Hall–Kier alpha value is -2.89. The molecule has 0 atom stereocenters. The summed E-state index contributed by atoms with van der Waals surface area (Å²) in [6, 6.07) is 10.9. The molecule has 3 N–H and O–H groups in total. The molecule has 1 aliphatic heterocycles. The van der Waals surface area contributed by atoms with E-state index in [9.17, 15) is 14.0 Å². The molecule has 1 heterocycles. The number of nitrogens with zero attached hydrogens (tertiary/aromatic N) is 1. The average Bonchev–Trinajstić information content (AvgIpc) is 2.62. The SMILES string of the molecule is Nc1cccc2c1CCCN2C(=O)CCNC(=O)c1ccc(F)cc1. The Kier molecular flexibility index (Phi) is 4.97. The van der Waals surface area contributed by atoms with E-state index in [0.717, 1.165) is 24.1 Å². The maximum Gasteiger partial charge on any atom is 0.251 e. The van der Waals surface area contributed by atoms with Crippen molar-refractivity contribution in [3.05, 3.63) is 59.4 Å². The van der Waals surface area contributed by atoms with Crippen LogP contribution in [0.25, 0.3) is 0 Å². The molecule has 2 aromatic carbocycles. The normalized spacial score (nSPS) is 13.2. The second-order valence-corrected chi connectivity index (χ2v) is 6.01. The Balaban J connectivity index is 1.58. The smallest absolute Gasteiger partial charge is 0.251 e. The minimum Gasteiger partial charge on any atom is -0.398 e. The Morgan fingerprint density at radius 1 is 1.16 bits per heavy atom. The molecule has 25 heavy (non-hydrogen) atoms. The van der Waals surface area contributed by atoms with Gasteiger partial charge in [-0.25, -0.2) is 4.39 Å². The van der Waals surface area contributed by atoms with Gasteiger partial charge in [-0.05, 0) is 54.8 Å². The van der Waals surface area contributed by atoms with Crippen molar-refractivity contribution in [2.24, 2.45) is 0 Å². The van der Waals surface area contributed by atoms with E-state index in [-0.39, 0.29) is 24.8 Å². The first-order chi connectivity index (χ1) is 12.1. The van der Waals surface area contributed by atoms with Crippen LogP contribution in [-0.4, -0.2) is 24.9 Å². The molecular weight excluding hydrogens is 321 g/mol. The molecule has 0 spiro atoms. The molecule has 0 fully saturated rings. The first-order valence-corrected chi connectivity index (χ1v) is 8.28. The number of halogens is 1. The highest BCUT2D eigenvalue weighted by Crippen LogP contribution is 2.31. The molecule has 2 amide bonds. The van der Waals surface area contributed by atoms with Gasteiger partial charge in [-0.2, -0.15) is 0 Å². The predicted molar refractivity (Wildman–Crippen MR) is 94.9 cm³/mol. The number of amides is 2. The van der Waals surface area contributed by atoms with Crippen LogP contribution in [0, 0.1) is 5.82 Å². The average molecular weight is 341 g/mol. The molecule has 0 aliphatic carbocycles. The van der Waals surface area contributed by atoms with Crippen LogP contribution >= 0.6 is 0 Å². The van der Waals surface area contributed by atoms with E-state index in [0.29, 0.717) is 17.8 Å². The fourth-order valence-corrected chi connectivity index (χ4v) is 3.03. The quantitative estimate of drug-likeness (QED) is 0.839. The van der Waals surface area contributed by atoms with Crippen LogP contribution in [0.3, 0.4) is 0 Å². The van der Waals surface area contributed by atoms with E-state index >= 15 is 0 Å². The second-order valence-electron chi connectivity index (χ2n) is 6.01. The van der Waals surface area contributed by atoms with Gasteiger partial charge in [-0.1, -0.05) is 6.07 Å². The fourth-order valence-electron chi connectivity index (χ4n) is 3.03. The fraction of sp³-hybridized carbons (Fsp3) is 0.263. The van der Waals surface area contributed by atoms with Crippen molar-refractivity contribution in [1.82, 2.24) is 5.32 Å². The lowest BCUT2D eigenvalue weighted by molar-refractivity contribution is -0.118. The van der Waals surface area contributed by atoms with Crippen molar-refractivity contribution in [3.63, 3.8) is 0 Å². The van der Waals surface area contributed by atoms with Gasteiger partial charge in [0.15, 0.2) is 0 Å². The van der Waals surface area contributed by atoms with Crippen LogP contribution < -0.4 is 16.0 Å². The third-order valence-corrected chi connectivity index (χ3v) is 4.32. The molecule has 5 nitrogen and oxygen atoms in total. The monoisotopic (exact) mass is 341 g/mol. The highest BCUT2D eigenvalue weighted by Gasteiger charge is 2.23. The number of hydrogen-bond donors (Lipinski definition) is 2.